The van der Waals surface area contributed by atoms with Crippen LogP contribution in [0.1, 0.15) is 12.8 Å². The van der Waals surface area contributed by atoms with Gasteiger partial charge >= 0.3 is 5.97 Å². The van der Waals surface area contributed by atoms with E-state index in [4.69, 9.17) is 5.11 Å². The Morgan fingerprint density at radius 2 is 2.50 bits per heavy atom. The summed E-state index contributed by atoms with van der Waals surface area (Å²) < 4.78 is 0. The molecule has 1 N–H and O–H groups in total. The second kappa shape index (κ2) is 5.65. The fourth-order valence-corrected chi connectivity index (χ4v) is 0.705. The zero-order chi connectivity index (χ0) is 8.10. The van der Waals surface area contributed by atoms with Crippen molar-refractivity contribution in [1.82, 2.24) is 0 Å². The van der Waals surface area contributed by atoms with Gasteiger partial charge in [0.1, 0.15) is 0 Å². The quantitative estimate of drug-likeness (QED) is 0.394. The molecule has 12 heavy (non-hydrogen) atoms. The van der Waals surface area contributed by atoms with E-state index in [1.54, 1.807) is 0 Å². The molecule has 0 aromatic carbocycles. The zero-order valence-electron chi connectivity index (χ0n) is 6.28. The fourth-order valence-electron chi connectivity index (χ4n) is 0.705. The van der Waals surface area contributed by atoms with Crippen LogP contribution in [0.4, 0.5) is 0 Å². The monoisotopic (exact) mass is 203 g/mol. The minimum atomic E-state index is -0.889. The predicted molar refractivity (Wildman–Crippen MR) is 40.5 cm³/mol. The van der Waals surface area contributed by atoms with E-state index in [1.165, 1.54) is 0 Å². The molecule has 0 heterocycles. The minimum Gasteiger partial charge on any atom is -0.481 e. The van der Waals surface area contributed by atoms with Crippen LogP contribution in [0.5, 0.6) is 0 Å². The number of aliphatic carboxylic acids is 1. The maximum atomic E-state index is 10.0. The molecular formula is C9H7FeO2-. The Morgan fingerprint density at radius 3 is 3.00 bits per heavy atom. The van der Waals surface area contributed by atoms with Crippen LogP contribution in [0.15, 0.2) is 17.7 Å². The van der Waals surface area contributed by atoms with Crippen LogP contribution < -0.4 is 0 Å². The van der Waals surface area contributed by atoms with Gasteiger partial charge in [-0.05, 0) is 0 Å². The van der Waals surface area contributed by atoms with Crippen LogP contribution >= 0.6 is 0 Å². The molecule has 0 atom stereocenters. The molecule has 0 spiro atoms. The first kappa shape index (κ1) is 11.0. The largest absolute Gasteiger partial charge is 0.481 e. The number of rotatable bonds is 1. The van der Waals surface area contributed by atoms with Gasteiger partial charge in [-0.3, -0.25) is 4.79 Å². The van der Waals surface area contributed by atoms with Gasteiger partial charge in [0, 0.05) is 17.1 Å². The summed E-state index contributed by atoms with van der Waals surface area (Å²) in [5.74, 6) is 4.34. The third kappa shape index (κ3) is 4.02. The van der Waals surface area contributed by atoms with Crippen molar-refractivity contribution >= 4 is 5.97 Å². The van der Waals surface area contributed by atoms with E-state index in [0.717, 1.165) is 12.0 Å². The zero-order valence-corrected chi connectivity index (χ0v) is 7.38. The van der Waals surface area contributed by atoms with E-state index in [9.17, 15) is 4.79 Å². The van der Waals surface area contributed by atoms with E-state index >= 15 is 0 Å². The predicted octanol–water partition coefficient (Wildman–Crippen LogP) is 1.15. The van der Waals surface area contributed by atoms with Gasteiger partial charge in [-0.15, -0.1) is 6.08 Å². The molecule has 0 fully saturated rings. The van der Waals surface area contributed by atoms with Gasteiger partial charge in [0.15, 0.2) is 0 Å². The number of allylic oxidation sites excluding steroid dienone is 4. The molecule has 0 aromatic rings. The molecule has 0 saturated heterocycles. The molecule has 0 bridgehead atoms. The minimum absolute atomic E-state index is 0. The Kier molecular flexibility index (Phi) is 5.19. The van der Waals surface area contributed by atoms with Crippen molar-refractivity contribution in [3.63, 3.8) is 0 Å². The van der Waals surface area contributed by atoms with Crippen molar-refractivity contribution in [1.29, 1.82) is 0 Å². The van der Waals surface area contributed by atoms with E-state index in [1.807, 2.05) is 12.2 Å². The average Bonchev–Trinajstić information content (AvgIpc) is 2.39. The first-order chi connectivity index (χ1) is 5.29. The van der Waals surface area contributed by atoms with Gasteiger partial charge in [0.05, 0.1) is 6.42 Å². The first-order valence-corrected chi connectivity index (χ1v) is 3.27. The van der Waals surface area contributed by atoms with Crippen molar-refractivity contribution in [2.45, 2.75) is 12.8 Å². The summed E-state index contributed by atoms with van der Waals surface area (Å²) in [6.07, 6.45) is 7.44. The number of carboxylic acid groups (broad SMARTS) is 1. The van der Waals surface area contributed by atoms with E-state index < -0.39 is 5.97 Å². The maximum absolute atomic E-state index is 10.0. The van der Waals surface area contributed by atoms with Crippen molar-refractivity contribution in [2.24, 2.45) is 0 Å². The third-order valence-electron chi connectivity index (χ3n) is 1.16. The number of carboxylic acids is 1. The fraction of sp³-hybridized carbons (Fsp3) is 0.222. The smallest absolute Gasteiger partial charge is 0.314 e. The summed E-state index contributed by atoms with van der Waals surface area (Å²) in [5.41, 5.74) is 0.797. The van der Waals surface area contributed by atoms with Crippen LogP contribution in [0, 0.1) is 17.9 Å². The standard InChI is InChI=1S/C9H7O2.Fe/c10-9(11)7-3-6-8-4-1-2-5-8;/h1,4H,2,7H2,(H,10,11);/q-1;. The van der Waals surface area contributed by atoms with Crippen molar-refractivity contribution in [3.05, 3.63) is 23.8 Å². The molecule has 1 aliphatic carbocycles. The van der Waals surface area contributed by atoms with Crippen LogP contribution in [0.3, 0.4) is 0 Å². The molecule has 1 rings (SSSR count). The van der Waals surface area contributed by atoms with Crippen molar-refractivity contribution in [2.75, 3.05) is 0 Å². The van der Waals surface area contributed by atoms with Crippen molar-refractivity contribution < 1.29 is 27.0 Å². The summed E-state index contributed by atoms with van der Waals surface area (Å²) in [5, 5.41) is 8.24. The Balaban J connectivity index is 0.00000121. The Hall–Kier alpha value is -0.971. The first-order valence-electron chi connectivity index (χ1n) is 3.27. The summed E-state index contributed by atoms with van der Waals surface area (Å²) in [6, 6.07) is 0. The molecule has 0 saturated carbocycles. The molecular weight excluding hydrogens is 196 g/mol. The molecule has 0 unspecified atom stereocenters. The van der Waals surface area contributed by atoms with Gasteiger partial charge in [-0.25, -0.2) is 5.92 Å². The molecule has 0 aliphatic heterocycles. The Bertz CT molecular complexity index is 279. The molecule has 0 radical (unpaired) electrons. The van der Waals surface area contributed by atoms with E-state index in [-0.39, 0.29) is 23.5 Å². The summed E-state index contributed by atoms with van der Waals surface area (Å²) in [4.78, 5) is 10.0. The average molecular weight is 203 g/mol. The number of hydrogen-bond donors (Lipinski definition) is 1. The Labute approximate surface area is 81.8 Å². The van der Waals surface area contributed by atoms with Crippen LogP contribution in [-0.4, -0.2) is 11.1 Å². The topological polar surface area (TPSA) is 37.3 Å². The summed E-state index contributed by atoms with van der Waals surface area (Å²) in [6.45, 7) is 0. The molecule has 1 aliphatic rings. The molecule has 2 nitrogen and oxygen atoms in total. The SMILES string of the molecule is O=C(O)CC#CC1=[C-]CC=C1.[Fe]. The molecule has 64 valence electrons. The number of hydrogen-bond acceptors (Lipinski definition) is 1. The second-order valence-electron chi connectivity index (χ2n) is 2.07. The second-order valence-corrected chi connectivity index (χ2v) is 2.07. The van der Waals surface area contributed by atoms with E-state index in [2.05, 4.69) is 17.9 Å². The van der Waals surface area contributed by atoms with Gasteiger partial charge in [-0.1, -0.05) is 6.42 Å². The molecule has 0 aromatic heterocycles. The van der Waals surface area contributed by atoms with Crippen LogP contribution in [0.25, 0.3) is 0 Å². The van der Waals surface area contributed by atoms with Crippen LogP contribution in [0.2, 0.25) is 0 Å². The maximum Gasteiger partial charge on any atom is 0.314 e. The normalized spacial score (nSPS) is 12.5. The van der Waals surface area contributed by atoms with Gasteiger partial charge in [0.2, 0.25) is 0 Å². The van der Waals surface area contributed by atoms with Gasteiger partial charge in [-0.2, -0.15) is 23.6 Å². The van der Waals surface area contributed by atoms with E-state index in [0.29, 0.717) is 0 Å². The molecule has 3 heteroatoms. The third-order valence-corrected chi connectivity index (χ3v) is 1.16. The summed E-state index contributed by atoms with van der Waals surface area (Å²) >= 11 is 0. The van der Waals surface area contributed by atoms with Crippen LogP contribution in [-0.2, 0) is 21.9 Å². The van der Waals surface area contributed by atoms with Crippen molar-refractivity contribution in [3.8, 4) is 11.8 Å². The van der Waals surface area contributed by atoms with Gasteiger partial charge in [0.25, 0.3) is 0 Å². The Morgan fingerprint density at radius 1 is 1.75 bits per heavy atom. The summed E-state index contributed by atoms with van der Waals surface area (Å²) in [7, 11) is 0. The number of carbonyl (C=O) groups is 1. The van der Waals surface area contributed by atoms with Gasteiger partial charge < -0.3 is 5.11 Å². The molecule has 0 amide bonds.